The molecule has 0 aliphatic carbocycles. The molecule has 0 amide bonds. The minimum absolute atomic E-state index is 0.177. The van der Waals surface area contributed by atoms with Gasteiger partial charge in [-0.25, -0.2) is 0 Å². The van der Waals surface area contributed by atoms with Crippen molar-refractivity contribution in [2.75, 3.05) is 7.11 Å². The van der Waals surface area contributed by atoms with E-state index in [1.54, 1.807) is 18.2 Å². The molecule has 0 saturated heterocycles. The zero-order valence-corrected chi connectivity index (χ0v) is 8.06. The fraction of sp³-hybridized carbons (Fsp3) is 0.200. The van der Waals surface area contributed by atoms with Crippen LogP contribution in [0.5, 0.6) is 5.75 Å². The number of ether oxygens (including phenoxy) is 1. The summed E-state index contributed by atoms with van der Waals surface area (Å²) in [5.74, 6) is -0.0276. The first-order valence-electron chi connectivity index (χ1n) is 4.35. The van der Waals surface area contributed by atoms with Gasteiger partial charge in [-0.3, -0.25) is 4.79 Å². The highest BCUT2D eigenvalue weighted by atomic mass is 16.5. The summed E-state index contributed by atoms with van der Waals surface area (Å²) in [5.41, 5.74) is 0.552. The number of fused-ring (bicyclic) bond motifs is 1. The van der Waals surface area contributed by atoms with Crippen molar-refractivity contribution in [2.45, 2.75) is 6.42 Å². The second-order valence-electron chi connectivity index (χ2n) is 3.03. The van der Waals surface area contributed by atoms with Gasteiger partial charge in [-0.1, -0.05) is 11.2 Å². The van der Waals surface area contributed by atoms with Crippen LogP contribution in [0.25, 0.3) is 10.9 Å². The van der Waals surface area contributed by atoms with Crippen LogP contribution in [-0.4, -0.2) is 23.3 Å². The lowest BCUT2D eigenvalue weighted by molar-refractivity contribution is -0.136. The number of aromatic nitrogens is 1. The van der Waals surface area contributed by atoms with Crippen molar-refractivity contribution in [3.05, 3.63) is 24.0 Å². The van der Waals surface area contributed by atoms with Crippen molar-refractivity contribution in [2.24, 2.45) is 0 Å². The first-order valence-corrected chi connectivity index (χ1v) is 4.35. The summed E-state index contributed by atoms with van der Waals surface area (Å²) in [5, 5.41) is 13.1. The molecule has 0 aliphatic heterocycles. The van der Waals surface area contributed by atoms with E-state index in [1.807, 2.05) is 0 Å². The minimum Gasteiger partial charge on any atom is -0.494 e. The zero-order chi connectivity index (χ0) is 10.8. The van der Waals surface area contributed by atoms with E-state index in [0.717, 1.165) is 0 Å². The number of rotatable bonds is 3. The SMILES string of the molecule is COc1cccc2c(CC(=O)O)onc12. The maximum atomic E-state index is 10.5. The maximum absolute atomic E-state index is 10.5. The Morgan fingerprint density at radius 1 is 1.60 bits per heavy atom. The van der Waals surface area contributed by atoms with Crippen molar-refractivity contribution in [3.8, 4) is 5.75 Å². The summed E-state index contributed by atoms with van der Waals surface area (Å²) < 4.78 is 10.0. The van der Waals surface area contributed by atoms with E-state index in [1.165, 1.54) is 7.11 Å². The summed E-state index contributed by atoms with van der Waals surface area (Å²) in [7, 11) is 1.53. The highest BCUT2D eigenvalue weighted by molar-refractivity contribution is 5.88. The van der Waals surface area contributed by atoms with E-state index < -0.39 is 5.97 Å². The number of aliphatic carboxylic acids is 1. The average Bonchev–Trinajstić information content (AvgIpc) is 2.61. The molecule has 2 aromatic rings. The monoisotopic (exact) mass is 207 g/mol. The van der Waals surface area contributed by atoms with Crippen molar-refractivity contribution in [1.29, 1.82) is 0 Å². The number of nitrogens with zero attached hydrogens (tertiary/aromatic N) is 1. The quantitative estimate of drug-likeness (QED) is 0.824. The largest absolute Gasteiger partial charge is 0.494 e. The Labute approximate surface area is 85.2 Å². The normalized spacial score (nSPS) is 10.5. The Kier molecular flexibility index (Phi) is 2.29. The van der Waals surface area contributed by atoms with Crippen LogP contribution in [-0.2, 0) is 11.2 Å². The third-order valence-corrected chi connectivity index (χ3v) is 2.08. The van der Waals surface area contributed by atoms with Crippen molar-refractivity contribution < 1.29 is 19.2 Å². The predicted molar refractivity (Wildman–Crippen MR) is 51.9 cm³/mol. The van der Waals surface area contributed by atoms with Crippen LogP contribution in [0.4, 0.5) is 0 Å². The Morgan fingerprint density at radius 3 is 3.07 bits per heavy atom. The Morgan fingerprint density at radius 2 is 2.40 bits per heavy atom. The van der Waals surface area contributed by atoms with Gasteiger partial charge in [-0.15, -0.1) is 0 Å². The summed E-state index contributed by atoms with van der Waals surface area (Å²) in [6.45, 7) is 0. The molecule has 0 fully saturated rings. The van der Waals surface area contributed by atoms with Gasteiger partial charge in [-0.05, 0) is 12.1 Å². The van der Waals surface area contributed by atoms with E-state index in [9.17, 15) is 4.79 Å². The van der Waals surface area contributed by atoms with E-state index in [2.05, 4.69) is 5.16 Å². The fourth-order valence-corrected chi connectivity index (χ4v) is 1.42. The van der Waals surface area contributed by atoms with Gasteiger partial charge in [-0.2, -0.15) is 0 Å². The molecule has 1 aromatic heterocycles. The third kappa shape index (κ3) is 1.63. The lowest BCUT2D eigenvalue weighted by Gasteiger charge is -1.97. The highest BCUT2D eigenvalue weighted by Crippen LogP contribution is 2.26. The van der Waals surface area contributed by atoms with Crippen LogP contribution in [0, 0.1) is 0 Å². The molecule has 0 bridgehead atoms. The lowest BCUT2D eigenvalue weighted by atomic mass is 10.2. The molecule has 5 nitrogen and oxygen atoms in total. The van der Waals surface area contributed by atoms with E-state index in [-0.39, 0.29) is 6.42 Å². The first kappa shape index (κ1) is 9.51. The standard InChI is InChI=1S/C10H9NO4/c1-14-7-4-2-3-6-8(5-9(12)13)15-11-10(6)7/h2-4H,5H2,1H3,(H,12,13). The molecule has 15 heavy (non-hydrogen) atoms. The number of carboxylic acid groups (broad SMARTS) is 1. The first-order chi connectivity index (χ1) is 7.22. The number of hydrogen-bond donors (Lipinski definition) is 1. The average molecular weight is 207 g/mol. The third-order valence-electron chi connectivity index (χ3n) is 2.08. The maximum Gasteiger partial charge on any atom is 0.311 e. The number of carboxylic acids is 1. The van der Waals surface area contributed by atoms with Crippen LogP contribution in [0.1, 0.15) is 5.76 Å². The second kappa shape index (κ2) is 3.61. The van der Waals surface area contributed by atoms with Crippen LogP contribution >= 0.6 is 0 Å². The number of methoxy groups -OCH3 is 1. The molecule has 0 spiro atoms. The van der Waals surface area contributed by atoms with Crippen LogP contribution in [0.2, 0.25) is 0 Å². The summed E-state index contributed by atoms with van der Waals surface area (Å²) in [4.78, 5) is 10.5. The molecule has 0 radical (unpaired) electrons. The molecule has 0 atom stereocenters. The van der Waals surface area contributed by atoms with E-state index in [0.29, 0.717) is 22.4 Å². The van der Waals surface area contributed by atoms with Gasteiger partial charge >= 0.3 is 5.97 Å². The molecule has 5 heteroatoms. The molecule has 0 saturated carbocycles. The summed E-state index contributed by atoms with van der Waals surface area (Å²) in [6, 6.07) is 5.27. The van der Waals surface area contributed by atoms with Crippen molar-refractivity contribution in [1.82, 2.24) is 5.16 Å². The molecule has 1 N–H and O–H groups in total. The number of carbonyl (C=O) groups is 1. The van der Waals surface area contributed by atoms with Crippen LogP contribution in [0.15, 0.2) is 22.7 Å². The number of hydrogen-bond acceptors (Lipinski definition) is 4. The van der Waals surface area contributed by atoms with Crippen LogP contribution < -0.4 is 4.74 Å². The lowest BCUT2D eigenvalue weighted by Crippen LogP contribution is -1.98. The number of benzene rings is 1. The van der Waals surface area contributed by atoms with Gasteiger partial charge in [0.05, 0.1) is 7.11 Å². The zero-order valence-electron chi connectivity index (χ0n) is 8.06. The van der Waals surface area contributed by atoms with Gasteiger partial charge in [0, 0.05) is 5.39 Å². The minimum atomic E-state index is -0.948. The highest BCUT2D eigenvalue weighted by Gasteiger charge is 2.14. The smallest absolute Gasteiger partial charge is 0.311 e. The molecule has 1 aromatic carbocycles. The molecule has 78 valence electrons. The Bertz CT molecular complexity index is 503. The van der Waals surface area contributed by atoms with Crippen LogP contribution in [0.3, 0.4) is 0 Å². The topological polar surface area (TPSA) is 72.6 Å². The van der Waals surface area contributed by atoms with Crippen molar-refractivity contribution >= 4 is 16.9 Å². The predicted octanol–water partition coefficient (Wildman–Crippen LogP) is 1.46. The molecule has 1 heterocycles. The van der Waals surface area contributed by atoms with Gasteiger partial charge in [0.2, 0.25) is 0 Å². The molecular weight excluding hydrogens is 198 g/mol. The Hall–Kier alpha value is -2.04. The Balaban J connectivity index is 2.55. The fourth-order valence-electron chi connectivity index (χ4n) is 1.42. The van der Waals surface area contributed by atoms with Gasteiger partial charge in [0.15, 0.2) is 11.3 Å². The molecule has 2 rings (SSSR count). The second-order valence-corrected chi connectivity index (χ2v) is 3.03. The van der Waals surface area contributed by atoms with Gasteiger partial charge in [0.25, 0.3) is 0 Å². The molecule has 0 unspecified atom stereocenters. The van der Waals surface area contributed by atoms with E-state index >= 15 is 0 Å². The van der Waals surface area contributed by atoms with E-state index in [4.69, 9.17) is 14.4 Å². The van der Waals surface area contributed by atoms with Gasteiger partial charge < -0.3 is 14.4 Å². The summed E-state index contributed by atoms with van der Waals surface area (Å²) >= 11 is 0. The van der Waals surface area contributed by atoms with Crippen molar-refractivity contribution in [3.63, 3.8) is 0 Å². The molecular formula is C10H9NO4. The molecule has 0 aliphatic rings. The summed E-state index contributed by atoms with van der Waals surface area (Å²) in [6.07, 6.45) is -0.177. The van der Waals surface area contributed by atoms with Gasteiger partial charge in [0.1, 0.15) is 12.2 Å².